The third-order valence-corrected chi connectivity index (χ3v) is 4.47. The van der Waals surface area contributed by atoms with Crippen molar-refractivity contribution in [3.05, 3.63) is 0 Å². The second-order valence-electron chi connectivity index (χ2n) is 5.85. The van der Waals surface area contributed by atoms with Crippen molar-refractivity contribution in [2.24, 2.45) is 16.9 Å². The molecule has 0 aromatic rings. The van der Waals surface area contributed by atoms with Gasteiger partial charge in [-0.2, -0.15) is 5.10 Å². The van der Waals surface area contributed by atoms with Gasteiger partial charge in [-0.05, 0) is 43.9 Å². The van der Waals surface area contributed by atoms with Crippen LogP contribution in [0.3, 0.4) is 0 Å². The summed E-state index contributed by atoms with van der Waals surface area (Å²) < 4.78 is 0. The van der Waals surface area contributed by atoms with Gasteiger partial charge in [0.15, 0.2) is 0 Å². The van der Waals surface area contributed by atoms with Gasteiger partial charge in [-0.1, -0.05) is 32.6 Å². The SMILES string of the molecule is CCCCCC1CCC(C2=NNC(=O)CC2)CC1. The standard InChI is InChI=1S/C15H26N2O/c1-2-3-4-5-12-6-8-13(9-7-12)14-10-11-15(18)17-16-14/h12-13H,2-11H2,1H3,(H,17,18). The number of hydrazone groups is 1. The predicted octanol–water partition coefficient (Wildman–Crippen LogP) is 3.64. The van der Waals surface area contributed by atoms with Crippen molar-refractivity contribution in [2.75, 3.05) is 0 Å². The molecule has 0 aromatic heterocycles. The second kappa shape index (κ2) is 6.91. The van der Waals surface area contributed by atoms with Crippen molar-refractivity contribution < 1.29 is 4.79 Å². The zero-order chi connectivity index (χ0) is 12.8. The molecule has 1 N–H and O–H groups in total. The summed E-state index contributed by atoms with van der Waals surface area (Å²) in [6.07, 6.45) is 12.4. The van der Waals surface area contributed by atoms with Crippen LogP contribution in [0.25, 0.3) is 0 Å². The summed E-state index contributed by atoms with van der Waals surface area (Å²) in [4.78, 5) is 11.1. The minimum atomic E-state index is 0.0759. The van der Waals surface area contributed by atoms with E-state index in [2.05, 4.69) is 17.5 Å². The van der Waals surface area contributed by atoms with E-state index in [0.29, 0.717) is 12.3 Å². The molecule has 1 aliphatic carbocycles. The Morgan fingerprint density at radius 2 is 1.94 bits per heavy atom. The highest BCUT2D eigenvalue weighted by molar-refractivity contribution is 5.93. The van der Waals surface area contributed by atoms with Crippen LogP contribution >= 0.6 is 0 Å². The predicted molar refractivity (Wildman–Crippen MR) is 74.4 cm³/mol. The Labute approximate surface area is 110 Å². The number of carbonyl (C=O) groups is 1. The quantitative estimate of drug-likeness (QED) is 0.744. The lowest BCUT2D eigenvalue weighted by Crippen LogP contribution is -2.31. The molecule has 1 heterocycles. The van der Waals surface area contributed by atoms with Crippen LogP contribution in [0.15, 0.2) is 5.10 Å². The topological polar surface area (TPSA) is 41.5 Å². The normalized spacial score (nSPS) is 28.7. The molecule has 3 nitrogen and oxygen atoms in total. The molecule has 2 rings (SSSR count). The van der Waals surface area contributed by atoms with E-state index in [1.807, 2.05) is 0 Å². The summed E-state index contributed by atoms with van der Waals surface area (Å²) in [5.41, 5.74) is 3.88. The molecule has 0 atom stereocenters. The van der Waals surface area contributed by atoms with E-state index in [0.717, 1.165) is 12.3 Å². The molecule has 0 aromatic carbocycles. The first-order valence-corrected chi connectivity index (χ1v) is 7.65. The van der Waals surface area contributed by atoms with E-state index in [9.17, 15) is 4.79 Å². The Bertz CT molecular complexity index is 304. The lowest BCUT2D eigenvalue weighted by atomic mass is 9.77. The van der Waals surface area contributed by atoms with Crippen LogP contribution in [0.2, 0.25) is 0 Å². The summed E-state index contributed by atoms with van der Waals surface area (Å²) >= 11 is 0. The second-order valence-corrected chi connectivity index (χ2v) is 5.85. The number of amides is 1. The maximum absolute atomic E-state index is 11.1. The Balaban J connectivity index is 1.71. The molecule has 0 spiro atoms. The Hall–Kier alpha value is -0.860. The molecule has 102 valence electrons. The lowest BCUT2D eigenvalue weighted by molar-refractivity contribution is -0.121. The van der Waals surface area contributed by atoms with E-state index in [4.69, 9.17) is 0 Å². The van der Waals surface area contributed by atoms with Crippen molar-refractivity contribution in [3.8, 4) is 0 Å². The molecule has 3 heteroatoms. The molecular formula is C15H26N2O. The zero-order valence-electron chi connectivity index (χ0n) is 11.6. The van der Waals surface area contributed by atoms with Crippen molar-refractivity contribution in [3.63, 3.8) is 0 Å². The van der Waals surface area contributed by atoms with Gasteiger partial charge >= 0.3 is 0 Å². The highest BCUT2D eigenvalue weighted by Crippen LogP contribution is 2.33. The zero-order valence-corrected chi connectivity index (χ0v) is 11.6. The summed E-state index contributed by atoms with van der Waals surface area (Å²) in [5, 5.41) is 4.25. The summed E-state index contributed by atoms with van der Waals surface area (Å²) in [6.45, 7) is 2.27. The molecule has 0 unspecified atom stereocenters. The van der Waals surface area contributed by atoms with E-state index in [-0.39, 0.29) is 5.91 Å². The minimum absolute atomic E-state index is 0.0759. The first kappa shape index (κ1) is 13.6. The van der Waals surface area contributed by atoms with Gasteiger partial charge in [-0.25, -0.2) is 5.43 Å². The molecule has 1 aliphatic heterocycles. The third-order valence-electron chi connectivity index (χ3n) is 4.47. The molecular weight excluding hydrogens is 224 g/mol. The molecule has 2 aliphatic rings. The summed E-state index contributed by atoms with van der Waals surface area (Å²) in [7, 11) is 0. The van der Waals surface area contributed by atoms with Gasteiger partial charge in [0, 0.05) is 12.1 Å². The van der Waals surface area contributed by atoms with Gasteiger partial charge in [-0.3, -0.25) is 4.79 Å². The molecule has 0 bridgehead atoms. The Kier molecular flexibility index (Phi) is 5.21. The highest BCUT2D eigenvalue weighted by Gasteiger charge is 2.26. The van der Waals surface area contributed by atoms with Crippen molar-refractivity contribution in [1.29, 1.82) is 0 Å². The van der Waals surface area contributed by atoms with Gasteiger partial charge < -0.3 is 0 Å². The van der Waals surface area contributed by atoms with E-state index < -0.39 is 0 Å². The Morgan fingerprint density at radius 3 is 2.56 bits per heavy atom. The van der Waals surface area contributed by atoms with Crippen LogP contribution in [-0.2, 0) is 4.79 Å². The molecule has 1 amide bonds. The fourth-order valence-electron chi connectivity index (χ4n) is 3.25. The smallest absolute Gasteiger partial charge is 0.240 e. The van der Waals surface area contributed by atoms with Crippen LogP contribution in [-0.4, -0.2) is 11.6 Å². The van der Waals surface area contributed by atoms with Gasteiger partial charge in [0.05, 0.1) is 0 Å². The van der Waals surface area contributed by atoms with Crippen LogP contribution < -0.4 is 5.43 Å². The molecule has 1 saturated carbocycles. The van der Waals surface area contributed by atoms with Gasteiger partial charge in [0.2, 0.25) is 5.91 Å². The number of rotatable bonds is 5. The lowest BCUT2D eigenvalue weighted by Gasteiger charge is -2.30. The summed E-state index contributed by atoms with van der Waals surface area (Å²) in [6, 6.07) is 0. The average Bonchev–Trinajstić information content (AvgIpc) is 2.41. The van der Waals surface area contributed by atoms with Crippen molar-refractivity contribution in [2.45, 2.75) is 71.1 Å². The fraction of sp³-hybridized carbons (Fsp3) is 0.867. The van der Waals surface area contributed by atoms with Gasteiger partial charge in [0.1, 0.15) is 0 Å². The van der Waals surface area contributed by atoms with Gasteiger partial charge in [-0.15, -0.1) is 0 Å². The fourth-order valence-corrected chi connectivity index (χ4v) is 3.25. The number of hydrogen-bond acceptors (Lipinski definition) is 2. The maximum atomic E-state index is 11.1. The molecule has 18 heavy (non-hydrogen) atoms. The minimum Gasteiger partial charge on any atom is -0.273 e. The number of unbranched alkanes of at least 4 members (excludes halogenated alkanes) is 2. The van der Waals surface area contributed by atoms with Crippen LogP contribution in [0, 0.1) is 11.8 Å². The first-order valence-electron chi connectivity index (χ1n) is 7.65. The summed E-state index contributed by atoms with van der Waals surface area (Å²) in [5.74, 6) is 1.67. The number of nitrogens with zero attached hydrogens (tertiary/aromatic N) is 1. The van der Waals surface area contributed by atoms with Crippen LogP contribution in [0.1, 0.15) is 71.1 Å². The third kappa shape index (κ3) is 3.82. The van der Waals surface area contributed by atoms with Gasteiger partial charge in [0.25, 0.3) is 0 Å². The maximum Gasteiger partial charge on any atom is 0.240 e. The average molecular weight is 250 g/mol. The first-order chi connectivity index (χ1) is 8.79. The van der Waals surface area contributed by atoms with Crippen molar-refractivity contribution in [1.82, 2.24) is 5.43 Å². The number of nitrogens with one attached hydrogen (secondary N) is 1. The molecule has 0 saturated heterocycles. The number of hydrogen-bond donors (Lipinski definition) is 1. The van der Waals surface area contributed by atoms with E-state index in [1.165, 1.54) is 57.1 Å². The van der Waals surface area contributed by atoms with Crippen LogP contribution in [0.5, 0.6) is 0 Å². The molecule has 0 radical (unpaired) electrons. The number of carbonyl (C=O) groups excluding carboxylic acids is 1. The molecule has 1 fully saturated rings. The largest absolute Gasteiger partial charge is 0.273 e. The monoisotopic (exact) mass is 250 g/mol. The van der Waals surface area contributed by atoms with E-state index >= 15 is 0 Å². The Morgan fingerprint density at radius 1 is 1.17 bits per heavy atom. The van der Waals surface area contributed by atoms with E-state index in [1.54, 1.807) is 0 Å². The highest BCUT2D eigenvalue weighted by atomic mass is 16.2. The van der Waals surface area contributed by atoms with Crippen LogP contribution in [0.4, 0.5) is 0 Å². The van der Waals surface area contributed by atoms with Crippen molar-refractivity contribution >= 4 is 11.6 Å².